The molecule has 1 aromatic carbocycles. The van der Waals surface area contributed by atoms with E-state index in [-0.39, 0.29) is 5.41 Å². The highest BCUT2D eigenvalue weighted by Gasteiger charge is 2.63. The summed E-state index contributed by atoms with van der Waals surface area (Å²) in [6.45, 7) is 6.07. The minimum Gasteiger partial charge on any atom is -0.465 e. The third-order valence-corrected chi connectivity index (χ3v) is 9.12. The zero-order valence-corrected chi connectivity index (χ0v) is 22.5. The predicted molar refractivity (Wildman–Crippen MR) is 133 cm³/mol. The molecule has 5 rings (SSSR count). The molecule has 0 atom stereocenters. The molecule has 4 fully saturated rings. The smallest absolute Gasteiger partial charge is 0.417 e. The molecule has 1 aromatic rings. The van der Waals surface area contributed by atoms with E-state index in [0.717, 1.165) is 23.7 Å². The zero-order valence-electron chi connectivity index (χ0n) is 20.9. The molecule has 200 valence electrons. The second-order valence-corrected chi connectivity index (χ2v) is 13.0. The minimum absolute atomic E-state index is 0.230. The van der Waals surface area contributed by atoms with Crippen molar-refractivity contribution in [2.75, 3.05) is 11.4 Å². The maximum Gasteiger partial charge on any atom is 0.417 e. The molecule has 2 bridgehead atoms. The number of anilines is 1. The van der Waals surface area contributed by atoms with E-state index in [1.165, 1.54) is 0 Å². The van der Waals surface area contributed by atoms with E-state index < -0.39 is 53.6 Å². The fraction of sp³-hybridized carbons (Fsp3) is 0.692. The number of nitrogens with zero attached hydrogens (tertiary/aromatic N) is 2. The Bertz CT molecular complexity index is 1010. The summed E-state index contributed by atoms with van der Waals surface area (Å²) in [6, 6.07) is 7.16. The van der Waals surface area contributed by atoms with Crippen LogP contribution in [0.15, 0.2) is 28.7 Å². The molecule has 0 spiro atoms. The van der Waals surface area contributed by atoms with Crippen LogP contribution in [0.4, 0.5) is 23.7 Å². The lowest BCUT2D eigenvalue weighted by Crippen LogP contribution is -2.65. The van der Waals surface area contributed by atoms with E-state index in [1.807, 2.05) is 26.8 Å². The zero-order chi connectivity index (χ0) is 26.7. The standard InChI is InChI=1S/C26H34BrF3N2O4/c1-22(2,3)32(21(34)35)24-10-7-23(8-11-24,9-12-24)16-31(19-6-4-5-18(27)13-19)20(33)17-14-25(36,15-17)26(28,29)30/h4-6,13,17,36H,7-12,14-16H2,1-3H3,(H,34,35). The molecule has 0 heterocycles. The van der Waals surface area contributed by atoms with Crippen LogP contribution in [0.3, 0.4) is 0 Å². The molecule has 2 amide bonds. The topological polar surface area (TPSA) is 81.1 Å². The van der Waals surface area contributed by atoms with Crippen molar-refractivity contribution in [2.24, 2.45) is 11.3 Å². The van der Waals surface area contributed by atoms with Crippen molar-refractivity contribution in [3.05, 3.63) is 28.7 Å². The summed E-state index contributed by atoms with van der Waals surface area (Å²) >= 11 is 3.42. The first kappa shape index (κ1) is 27.2. The lowest BCUT2D eigenvalue weighted by molar-refractivity contribution is -0.295. The molecule has 10 heteroatoms. The molecule has 0 aliphatic heterocycles. The van der Waals surface area contributed by atoms with Gasteiger partial charge >= 0.3 is 12.3 Å². The van der Waals surface area contributed by atoms with Gasteiger partial charge in [0.2, 0.25) is 5.91 Å². The summed E-state index contributed by atoms with van der Waals surface area (Å²) in [7, 11) is 0. The quantitative estimate of drug-likeness (QED) is 0.429. The number of fused-ring (bicyclic) bond motifs is 3. The Balaban J connectivity index is 1.56. The Morgan fingerprint density at radius 1 is 1.06 bits per heavy atom. The number of amides is 2. The number of alkyl halides is 3. The molecule has 0 saturated heterocycles. The predicted octanol–water partition coefficient (Wildman–Crippen LogP) is 6.36. The first-order chi connectivity index (χ1) is 16.5. The first-order valence-corrected chi connectivity index (χ1v) is 13.2. The number of benzene rings is 1. The van der Waals surface area contributed by atoms with Gasteiger partial charge in [0.1, 0.15) is 0 Å². The fourth-order valence-electron chi connectivity index (χ4n) is 6.68. The summed E-state index contributed by atoms with van der Waals surface area (Å²) in [5.41, 5.74) is -3.41. The number of halogens is 4. The van der Waals surface area contributed by atoms with Crippen LogP contribution in [0.5, 0.6) is 0 Å². The molecule has 6 nitrogen and oxygen atoms in total. The van der Waals surface area contributed by atoms with Crippen molar-refractivity contribution in [3.63, 3.8) is 0 Å². The van der Waals surface area contributed by atoms with Crippen LogP contribution < -0.4 is 4.90 Å². The highest BCUT2D eigenvalue weighted by atomic mass is 79.9. The van der Waals surface area contributed by atoms with Crippen LogP contribution in [0.2, 0.25) is 0 Å². The molecule has 0 radical (unpaired) electrons. The van der Waals surface area contributed by atoms with Gasteiger partial charge < -0.3 is 15.1 Å². The van der Waals surface area contributed by atoms with Crippen molar-refractivity contribution >= 4 is 33.6 Å². The number of carbonyl (C=O) groups excluding carboxylic acids is 1. The molecule has 4 aliphatic carbocycles. The first-order valence-electron chi connectivity index (χ1n) is 12.4. The lowest BCUT2D eigenvalue weighted by atomic mass is 9.56. The Kier molecular flexibility index (Phi) is 6.73. The monoisotopic (exact) mass is 574 g/mol. The number of aliphatic hydroxyl groups is 1. The number of hydrogen-bond donors (Lipinski definition) is 2. The molecule has 4 aliphatic rings. The van der Waals surface area contributed by atoms with Crippen LogP contribution in [-0.4, -0.2) is 56.5 Å². The SMILES string of the molecule is CC(C)(C)N(C(=O)O)C12CCC(CN(C(=O)C3CC(O)(C(F)(F)F)C3)c3cccc(Br)c3)(CC1)CC2. The maximum atomic E-state index is 13.5. The van der Waals surface area contributed by atoms with E-state index in [4.69, 9.17) is 0 Å². The van der Waals surface area contributed by atoms with Crippen LogP contribution in [0, 0.1) is 11.3 Å². The molecular weight excluding hydrogens is 541 g/mol. The van der Waals surface area contributed by atoms with Gasteiger partial charge in [0, 0.05) is 33.7 Å². The van der Waals surface area contributed by atoms with Gasteiger partial charge in [-0.1, -0.05) is 22.0 Å². The molecule has 0 unspecified atom stereocenters. The lowest BCUT2D eigenvalue weighted by Gasteiger charge is -2.60. The summed E-state index contributed by atoms with van der Waals surface area (Å²) in [4.78, 5) is 28.9. The van der Waals surface area contributed by atoms with Crippen LogP contribution in [0.1, 0.15) is 72.1 Å². The van der Waals surface area contributed by atoms with Gasteiger partial charge in [-0.3, -0.25) is 9.69 Å². The Hall–Kier alpha value is -1.81. The molecule has 36 heavy (non-hydrogen) atoms. The number of hydrogen-bond acceptors (Lipinski definition) is 3. The van der Waals surface area contributed by atoms with E-state index in [2.05, 4.69) is 15.9 Å². The fourth-order valence-corrected chi connectivity index (χ4v) is 7.06. The van der Waals surface area contributed by atoms with E-state index in [0.29, 0.717) is 31.5 Å². The highest BCUT2D eigenvalue weighted by molar-refractivity contribution is 9.10. The van der Waals surface area contributed by atoms with Crippen LogP contribution >= 0.6 is 15.9 Å². The largest absolute Gasteiger partial charge is 0.465 e. The molecule has 4 saturated carbocycles. The second-order valence-electron chi connectivity index (χ2n) is 12.1. The summed E-state index contributed by atoms with van der Waals surface area (Å²) in [5.74, 6) is -1.30. The van der Waals surface area contributed by atoms with Crippen molar-refractivity contribution in [3.8, 4) is 0 Å². The molecular formula is C26H34BrF3N2O4. The maximum absolute atomic E-state index is 13.5. The van der Waals surface area contributed by atoms with Gasteiger partial charge in [-0.25, -0.2) is 4.79 Å². The average molecular weight is 575 g/mol. The molecule has 0 aromatic heterocycles. The summed E-state index contributed by atoms with van der Waals surface area (Å²) in [5, 5.41) is 19.9. The summed E-state index contributed by atoms with van der Waals surface area (Å²) in [6.07, 6.45) is -2.67. The van der Waals surface area contributed by atoms with Crippen LogP contribution in [0.25, 0.3) is 0 Å². The molecule has 2 N–H and O–H groups in total. The van der Waals surface area contributed by atoms with Crippen molar-refractivity contribution in [2.45, 2.75) is 95.0 Å². The highest BCUT2D eigenvalue weighted by Crippen LogP contribution is 2.57. The van der Waals surface area contributed by atoms with E-state index in [1.54, 1.807) is 28.0 Å². The average Bonchev–Trinajstić information content (AvgIpc) is 2.74. The van der Waals surface area contributed by atoms with Gasteiger partial charge in [0.05, 0.1) is 0 Å². The van der Waals surface area contributed by atoms with Crippen LogP contribution in [-0.2, 0) is 4.79 Å². The van der Waals surface area contributed by atoms with Crippen molar-refractivity contribution in [1.29, 1.82) is 0 Å². The van der Waals surface area contributed by atoms with Gasteiger partial charge in [0.25, 0.3) is 0 Å². The van der Waals surface area contributed by atoms with Gasteiger partial charge in [-0.15, -0.1) is 0 Å². The normalized spacial score (nSPS) is 32.1. The Morgan fingerprint density at radius 2 is 1.61 bits per heavy atom. The second kappa shape index (κ2) is 8.89. The number of carbonyl (C=O) groups is 2. The summed E-state index contributed by atoms with van der Waals surface area (Å²) < 4.78 is 40.4. The minimum atomic E-state index is -4.76. The Labute approximate surface area is 218 Å². The van der Waals surface area contributed by atoms with Gasteiger partial charge in [-0.05, 0) is 95.8 Å². The van der Waals surface area contributed by atoms with E-state index in [9.17, 15) is 33.0 Å². The van der Waals surface area contributed by atoms with Crippen molar-refractivity contribution in [1.82, 2.24) is 4.90 Å². The van der Waals surface area contributed by atoms with Crippen molar-refractivity contribution < 1.29 is 33.0 Å². The van der Waals surface area contributed by atoms with Gasteiger partial charge in [0.15, 0.2) is 5.60 Å². The van der Waals surface area contributed by atoms with E-state index >= 15 is 0 Å². The Morgan fingerprint density at radius 3 is 2.06 bits per heavy atom. The number of rotatable bonds is 5. The third kappa shape index (κ3) is 4.75. The number of carboxylic acid groups (broad SMARTS) is 1. The van der Waals surface area contributed by atoms with Gasteiger partial charge in [-0.2, -0.15) is 13.2 Å². The third-order valence-electron chi connectivity index (χ3n) is 8.62.